The molecular formula is C15H22ClN2O+. The van der Waals surface area contributed by atoms with Crippen molar-refractivity contribution in [1.29, 1.82) is 0 Å². The molecule has 1 saturated heterocycles. The summed E-state index contributed by atoms with van der Waals surface area (Å²) in [6.45, 7) is 5.80. The molecule has 104 valence electrons. The van der Waals surface area contributed by atoms with Crippen molar-refractivity contribution in [2.45, 2.75) is 39.2 Å². The highest BCUT2D eigenvalue weighted by molar-refractivity contribution is 6.31. The minimum atomic E-state index is 0.0779. The van der Waals surface area contributed by atoms with Gasteiger partial charge in [0.1, 0.15) is 0 Å². The van der Waals surface area contributed by atoms with Gasteiger partial charge in [-0.25, -0.2) is 0 Å². The number of hydrogen-bond acceptors (Lipinski definition) is 1. The van der Waals surface area contributed by atoms with Crippen LogP contribution < -0.4 is 10.2 Å². The van der Waals surface area contributed by atoms with Crippen molar-refractivity contribution in [3.8, 4) is 0 Å². The van der Waals surface area contributed by atoms with Crippen LogP contribution in [0.5, 0.6) is 0 Å². The lowest BCUT2D eigenvalue weighted by atomic mass is 10.0. The third kappa shape index (κ3) is 3.71. The Labute approximate surface area is 119 Å². The van der Waals surface area contributed by atoms with E-state index >= 15 is 0 Å². The summed E-state index contributed by atoms with van der Waals surface area (Å²) in [4.78, 5) is 13.5. The van der Waals surface area contributed by atoms with Gasteiger partial charge >= 0.3 is 0 Å². The molecule has 1 aliphatic rings. The molecule has 0 radical (unpaired) electrons. The third-order valence-corrected chi connectivity index (χ3v) is 4.42. The molecular weight excluding hydrogens is 260 g/mol. The molecule has 1 unspecified atom stereocenters. The topological polar surface area (TPSA) is 33.5 Å². The maximum Gasteiger partial charge on any atom is 0.279 e. The minimum absolute atomic E-state index is 0.0779. The van der Waals surface area contributed by atoms with E-state index in [1.165, 1.54) is 24.2 Å². The first-order chi connectivity index (χ1) is 9.08. The van der Waals surface area contributed by atoms with Gasteiger partial charge in [-0.15, -0.1) is 0 Å². The van der Waals surface area contributed by atoms with Gasteiger partial charge < -0.3 is 10.2 Å². The van der Waals surface area contributed by atoms with Crippen molar-refractivity contribution in [2.75, 3.05) is 18.4 Å². The Hall–Kier alpha value is -1.06. The first-order valence-corrected chi connectivity index (χ1v) is 7.35. The number of piperidine rings is 1. The summed E-state index contributed by atoms with van der Waals surface area (Å²) < 4.78 is 0. The Bertz CT molecular complexity index is 461. The number of anilines is 1. The number of likely N-dealkylation sites (tertiary alicyclic amines) is 1. The fourth-order valence-electron chi connectivity index (χ4n) is 2.66. The molecule has 1 fully saturated rings. The van der Waals surface area contributed by atoms with Gasteiger partial charge in [0.25, 0.3) is 5.91 Å². The fraction of sp³-hybridized carbons (Fsp3) is 0.533. The second-order valence-electron chi connectivity index (χ2n) is 5.44. The molecule has 1 heterocycles. The van der Waals surface area contributed by atoms with Crippen LogP contribution in [0.1, 0.15) is 31.7 Å². The molecule has 1 aromatic rings. The van der Waals surface area contributed by atoms with Gasteiger partial charge in [-0.05, 0) is 50.8 Å². The number of carbonyl (C=O) groups is 1. The Morgan fingerprint density at radius 3 is 3.00 bits per heavy atom. The SMILES string of the molecule is Cc1c(Cl)cccc1NC(=O)C[NH+]1CCCC[C@H]1C. The Morgan fingerprint density at radius 1 is 1.47 bits per heavy atom. The molecule has 2 N–H and O–H groups in total. The zero-order valence-corrected chi connectivity index (χ0v) is 12.4. The smallest absolute Gasteiger partial charge is 0.279 e. The van der Waals surface area contributed by atoms with Crippen molar-refractivity contribution in [1.82, 2.24) is 0 Å². The van der Waals surface area contributed by atoms with Crippen LogP contribution in [0.25, 0.3) is 0 Å². The molecule has 0 spiro atoms. The van der Waals surface area contributed by atoms with E-state index in [-0.39, 0.29) is 5.91 Å². The van der Waals surface area contributed by atoms with Crippen molar-refractivity contribution in [3.05, 3.63) is 28.8 Å². The second-order valence-corrected chi connectivity index (χ2v) is 5.85. The van der Waals surface area contributed by atoms with Crippen LogP contribution in [0.2, 0.25) is 5.02 Å². The molecule has 4 heteroatoms. The number of benzene rings is 1. The molecule has 2 rings (SSSR count). The molecule has 1 aromatic carbocycles. The maximum absolute atomic E-state index is 12.1. The van der Waals surface area contributed by atoms with Crippen LogP contribution in [-0.4, -0.2) is 25.0 Å². The quantitative estimate of drug-likeness (QED) is 0.873. The molecule has 1 amide bonds. The first kappa shape index (κ1) is 14.4. The van der Waals surface area contributed by atoms with E-state index in [4.69, 9.17) is 11.6 Å². The van der Waals surface area contributed by atoms with Gasteiger partial charge in [0.05, 0.1) is 12.6 Å². The molecule has 0 aliphatic carbocycles. The van der Waals surface area contributed by atoms with Gasteiger partial charge in [-0.2, -0.15) is 0 Å². The van der Waals surface area contributed by atoms with Gasteiger partial charge in [0.2, 0.25) is 0 Å². The summed E-state index contributed by atoms with van der Waals surface area (Å²) >= 11 is 6.06. The largest absolute Gasteiger partial charge is 0.325 e. The monoisotopic (exact) mass is 281 g/mol. The van der Waals surface area contributed by atoms with E-state index in [2.05, 4.69) is 12.2 Å². The molecule has 0 bridgehead atoms. The van der Waals surface area contributed by atoms with Crippen LogP contribution in [0.15, 0.2) is 18.2 Å². The predicted molar refractivity (Wildman–Crippen MR) is 78.8 cm³/mol. The van der Waals surface area contributed by atoms with Crippen LogP contribution in [0.4, 0.5) is 5.69 Å². The Morgan fingerprint density at radius 2 is 2.26 bits per heavy atom. The maximum atomic E-state index is 12.1. The number of amides is 1. The summed E-state index contributed by atoms with van der Waals surface area (Å²) in [6.07, 6.45) is 3.74. The molecule has 3 nitrogen and oxygen atoms in total. The van der Waals surface area contributed by atoms with Gasteiger partial charge in [-0.3, -0.25) is 4.79 Å². The van der Waals surface area contributed by atoms with E-state index in [1.54, 1.807) is 0 Å². The molecule has 0 aromatic heterocycles. The number of carbonyl (C=O) groups excluding carboxylic acids is 1. The summed E-state index contributed by atoms with van der Waals surface area (Å²) in [5, 5.41) is 3.67. The molecule has 2 atom stereocenters. The normalized spacial score (nSPS) is 23.1. The second kappa shape index (κ2) is 6.40. The zero-order valence-electron chi connectivity index (χ0n) is 11.6. The van der Waals surface area contributed by atoms with Crippen LogP contribution in [-0.2, 0) is 4.79 Å². The fourth-order valence-corrected chi connectivity index (χ4v) is 2.83. The van der Waals surface area contributed by atoms with E-state index < -0.39 is 0 Å². The van der Waals surface area contributed by atoms with Crippen molar-refractivity contribution < 1.29 is 9.69 Å². The van der Waals surface area contributed by atoms with Crippen molar-refractivity contribution in [3.63, 3.8) is 0 Å². The summed E-state index contributed by atoms with van der Waals surface area (Å²) in [5.41, 5.74) is 1.75. The molecule has 19 heavy (non-hydrogen) atoms. The number of nitrogens with one attached hydrogen (secondary N) is 2. The first-order valence-electron chi connectivity index (χ1n) is 6.97. The lowest BCUT2D eigenvalue weighted by Gasteiger charge is -2.29. The Kier molecular flexibility index (Phi) is 4.83. The van der Waals surface area contributed by atoms with Crippen molar-refractivity contribution >= 4 is 23.2 Å². The summed E-state index contributed by atoms with van der Waals surface area (Å²) in [6, 6.07) is 6.18. The Balaban J connectivity index is 1.95. The summed E-state index contributed by atoms with van der Waals surface area (Å²) in [7, 11) is 0. The van der Waals surface area contributed by atoms with Crippen LogP contribution in [0, 0.1) is 6.92 Å². The standard InChI is InChI=1S/C15H21ClN2O/c1-11-6-3-4-9-18(11)10-15(19)17-14-8-5-7-13(16)12(14)2/h5,7-8,11H,3-4,6,9-10H2,1-2H3,(H,17,19)/p+1/t11-/m1/s1. The highest BCUT2D eigenvalue weighted by Crippen LogP contribution is 2.22. The minimum Gasteiger partial charge on any atom is -0.325 e. The van der Waals surface area contributed by atoms with Crippen molar-refractivity contribution in [2.24, 2.45) is 0 Å². The highest BCUT2D eigenvalue weighted by atomic mass is 35.5. The van der Waals surface area contributed by atoms with E-state index in [9.17, 15) is 4.79 Å². The number of hydrogen-bond donors (Lipinski definition) is 2. The predicted octanol–water partition coefficient (Wildman–Crippen LogP) is 2.04. The van der Waals surface area contributed by atoms with Gasteiger partial charge in [0, 0.05) is 10.7 Å². The van der Waals surface area contributed by atoms with Gasteiger partial charge in [0.15, 0.2) is 6.54 Å². The van der Waals surface area contributed by atoms with E-state index in [1.807, 2.05) is 25.1 Å². The number of rotatable bonds is 3. The average Bonchev–Trinajstić information content (AvgIpc) is 2.38. The molecule has 1 aliphatic heterocycles. The van der Waals surface area contributed by atoms with Gasteiger partial charge in [-0.1, -0.05) is 17.7 Å². The van der Waals surface area contributed by atoms with Crippen LogP contribution in [0.3, 0.4) is 0 Å². The van der Waals surface area contributed by atoms with E-state index in [0.29, 0.717) is 17.6 Å². The van der Waals surface area contributed by atoms with Crippen LogP contribution >= 0.6 is 11.6 Å². The third-order valence-electron chi connectivity index (χ3n) is 4.01. The summed E-state index contributed by atoms with van der Waals surface area (Å²) in [5.74, 6) is 0.0779. The zero-order chi connectivity index (χ0) is 13.8. The van der Waals surface area contributed by atoms with E-state index in [0.717, 1.165) is 17.8 Å². The lowest BCUT2D eigenvalue weighted by molar-refractivity contribution is -0.920. The average molecular weight is 282 g/mol. The highest BCUT2D eigenvalue weighted by Gasteiger charge is 2.24. The lowest BCUT2D eigenvalue weighted by Crippen LogP contribution is -3.17. The number of quaternary nitrogens is 1. The number of halogens is 1. The molecule has 0 saturated carbocycles.